The van der Waals surface area contributed by atoms with Crippen LogP contribution in [0, 0.1) is 18.3 Å². The smallest absolute Gasteiger partial charge is 0.154 e. The zero-order valence-corrected chi connectivity index (χ0v) is 20.5. The first kappa shape index (κ1) is 23.3. The lowest BCUT2D eigenvalue weighted by molar-refractivity contribution is 0.0285. The number of hydrogen-bond donors (Lipinski definition) is 2. The molecule has 0 aliphatic carbocycles. The highest BCUT2D eigenvalue weighted by Gasteiger charge is 2.19. The molecule has 8 heteroatoms. The molecule has 3 rings (SSSR count). The third-order valence-electron chi connectivity index (χ3n) is 4.43. The van der Waals surface area contributed by atoms with Crippen molar-refractivity contribution in [2.24, 2.45) is 0 Å². The number of ether oxygens (including phenoxy) is 1. The summed E-state index contributed by atoms with van der Waals surface area (Å²) in [6.07, 6.45) is 3.60. The van der Waals surface area contributed by atoms with E-state index in [0.29, 0.717) is 17.1 Å². The van der Waals surface area contributed by atoms with Gasteiger partial charge in [-0.05, 0) is 55.7 Å². The van der Waals surface area contributed by atoms with E-state index < -0.39 is 5.60 Å². The Kier molecular flexibility index (Phi) is 7.75. The summed E-state index contributed by atoms with van der Waals surface area (Å²) in [5.41, 5.74) is 3.41. The van der Waals surface area contributed by atoms with E-state index in [9.17, 15) is 10.4 Å². The third-order valence-corrected chi connectivity index (χ3v) is 6.09. The third kappa shape index (κ3) is 6.09. The number of aromatic nitrogens is 2. The summed E-state index contributed by atoms with van der Waals surface area (Å²) in [5, 5.41) is 20.6. The van der Waals surface area contributed by atoms with Crippen molar-refractivity contribution in [1.82, 2.24) is 9.97 Å². The van der Waals surface area contributed by atoms with Crippen molar-refractivity contribution < 1.29 is 9.84 Å². The van der Waals surface area contributed by atoms with Gasteiger partial charge in [0.1, 0.15) is 29.0 Å². The zero-order chi connectivity index (χ0) is 22.4. The molecular formula is C23H23IN4O2S. The summed E-state index contributed by atoms with van der Waals surface area (Å²) in [5.74, 6) is 1.94. The summed E-state index contributed by atoms with van der Waals surface area (Å²) >= 11 is 3.62. The van der Waals surface area contributed by atoms with Crippen molar-refractivity contribution in [2.45, 2.75) is 37.2 Å². The van der Waals surface area contributed by atoms with Gasteiger partial charge in [-0.2, -0.15) is 5.26 Å². The molecule has 31 heavy (non-hydrogen) atoms. The minimum absolute atomic E-state index is 0.197. The lowest BCUT2D eigenvalue weighted by atomic mass is 9.97. The normalized spacial score (nSPS) is 11.1. The van der Waals surface area contributed by atoms with Crippen LogP contribution in [0.3, 0.4) is 0 Å². The number of benzene rings is 1. The van der Waals surface area contributed by atoms with Crippen LogP contribution in [0.15, 0.2) is 53.8 Å². The van der Waals surface area contributed by atoms with E-state index >= 15 is 0 Å². The van der Waals surface area contributed by atoms with Crippen LogP contribution in [0.2, 0.25) is 0 Å². The number of nitrogens with zero attached hydrogens (tertiary/aromatic N) is 3. The number of halogens is 1. The molecule has 0 unspecified atom stereocenters. The molecule has 2 heterocycles. The van der Waals surface area contributed by atoms with E-state index in [2.05, 4.69) is 19.6 Å². The van der Waals surface area contributed by atoms with Crippen molar-refractivity contribution >= 4 is 40.4 Å². The van der Waals surface area contributed by atoms with E-state index in [-0.39, 0.29) is 6.61 Å². The number of anilines is 1. The fraction of sp³-hybridized carbons (Fsp3) is 0.261. The second-order valence-electron chi connectivity index (χ2n) is 7.62. The number of aliphatic hydroxyl groups is 1. The lowest BCUT2D eigenvalue weighted by Gasteiger charge is -2.18. The highest BCUT2D eigenvalue weighted by atomic mass is 127. The second kappa shape index (κ2) is 10.3. The Bertz CT molecular complexity index is 1080. The predicted octanol–water partition coefficient (Wildman–Crippen LogP) is 5.53. The number of rotatable bonds is 8. The van der Waals surface area contributed by atoms with Crippen LogP contribution in [-0.2, 0) is 5.75 Å². The molecule has 2 N–H and O–H groups in total. The molecule has 0 aliphatic heterocycles. The minimum Gasteiger partial charge on any atom is -0.491 e. The molecule has 6 nitrogen and oxygen atoms in total. The topological polar surface area (TPSA) is 91.1 Å². The van der Waals surface area contributed by atoms with Gasteiger partial charge in [-0.15, -0.1) is 11.8 Å². The number of pyridine rings is 2. The molecule has 160 valence electrons. The van der Waals surface area contributed by atoms with Crippen molar-refractivity contribution in [3.63, 3.8) is 0 Å². The van der Waals surface area contributed by atoms with Gasteiger partial charge in [-0.1, -0.05) is 18.2 Å². The van der Waals surface area contributed by atoms with Gasteiger partial charge in [-0.3, -0.25) is 4.98 Å². The van der Waals surface area contributed by atoms with Crippen LogP contribution in [0.5, 0.6) is 5.75 Å². The van der Waals surface area contributed by atoms with Crippen molar-refractivity contribution in [1.29, 1.82) is 5.26 Å². The molecule has 2 aromatic heterocycles. The fourth-order valence-electron chi connectivity index (χ4n) is 2.95. The Morgan fingerprint density at radius 3 is 2.58 bits per heavy atom. The van der Waals surface area contributed by atoms with Crippen LogP contribution < -0.4 is 8.27 Å². The predicted molar refractivity (Wildman–Crippen MR) is 132 cm³/mol. The van der Waals surface area contributed by atoms with E-state index in [4.69, 9.17) is 4.74 Å². The van der Waals surface area contributed by atoms with E-state index in [0.717, 1.165) is 33.0 Å². The van der Waals surface area contributed by atoms with E-state index in [1.54, 1.807) is 31.8 Å². The van der Waals surface area contributed by atoms with E-state index in [1.165, 1.54) is 0 Å². The number of nitriles is 1. The molecule has 1 aromatic carbocycles. The van der Waals surface area contributed by atoms with Crippen LogP contribution in [0.4, 0.5) is 5.82 Å². The summed E-state index contributed by atoms with van der Waals surface area (Å²) in [4.78, 5) is 8.85. The molecule has 0 radical (unpaired) electrons. The zero-order valence-electron chi connectivity index (χ0n) is 17.5. The standard InChI is InChI=1S/C23H23IN4O2S/c1-15-20(17-6-8-18(9-7-17)30-14-23(2,3)29)19(11-25)21(28-24)27-22(15)31-13-16-5-4-10-26-12-16/h4-10,12,29H,13-14H2,1-3H3,(H,27,28). The molecule has 0 aliphatic rings. The first-order valence-electron chi connectivity index (χ1n) is 9.61. The number of nitrogens with one attached hydrogen (secondary N) is 1. The van der Waals surface area contributed by atoms with Gasteiger partial charge in [0.05, 0.1) is 28.5 Å². The average molecular weight is 546 g/mol. The quantitative estimate of drug-likeness (QED) is 0.218. The van der Waals surface area contributed by atoms with Crippen LogP contribution in [0.1, 0.15) is 30.5 Å². The Labute approximate surface area is 200 Å². The van der Waals surface area contributed by atoms with Crippen LogP contribution >= 0.6 is 34.6 Å². The molecule has 0 bridgehead atoms. The van der Waals surface area contributed by atoms with Gasteiger partial charge in [-0.25, -0.2) is 4.98 Å². The van der Waals surface area contributed by atoms with Crippen molar-refractivity contribution in [3.8, 4) is 22.9 Å². The molecule has 0 fully saturated rings. The SMILES string of the molecule is Cc1c(SCc2cccnc2)nc(NI)c(C#N)c1-c1ccc(OCC(C)(C)O)cc1. The average Bonchev–Trinajstić information content (AvgIpc) is 2.77. The molecular weight excluding hydrogens is 523 g/mol. The van der Waals surface area contributed by atoms with Crippen LogP contribution in [-0.4, -0.2) is 27.3 Å². The Balaban J connectivity index is 1.95. The minimum atomic E-state index is -0.907. The lowest BCUT2D eigenvalue weighted by Crippen LogP contribution is -2.27. The molecule has 0 amide bonds. The maximum absolute atomic E-state index is 9.86. The molecule has 3 aromatic rings. The second-order valence-corrected chi connectivity index (χ2v) is 9.13. The maximum atomic E-state index is 9.86. The van der Waals surface area contributed by atoms with Crippen molar-refractivity contribution in [2.75, 3.05) is 10.1 Å². The van der Waals surface area contributed by atoms with Gasteiger partial charge in [0.15, 0.2) is 5.82 Å². The monoisotopic (exact) mass is 546 g/mol. The van der Waals surface area contributed by atoms with Gasteiger partial charge in [0.2, 0.25) is 0 Å². The Hall–Kier alpha value is -2.35. The van der Waals surface area contributed by atoms with Gasteiger partial charge >= 0.3 is 0 Å². The van der Waals surface area contributed by atoms with Gasteiger partial charge in [0.25, 0.3) is 0 Å². The molecule has 0 atom stereocenters. The summed E-state index contributed by atoms with van der Waals surface area (Å²) in [7, 11) is 0. The van der Waals surface area contributed by atoms with Gasteiger partial charge in [0, 0.05) is 23.7 Å². The number of hydrogen-bond acceptors (Lipinski definition) is 7. The largest absolute Gasteiger partial charge is 0.491 e. The Morgan fingerprint density at radius 1 is 1.26 bits per heavy atom. The molecule has 0 spiro atoms. The molecule has 0 saturated carbocycles. The van der Waals surface area contributed by atoms with E-state index in [1.807, 2.05) is 72.4 Å². The Morgan fingerprint density at radius 2 is 2.00 bits per heavy atom. The summed E-state index contributed by atoms with van der Waals surface area (Å²) in [6, 6.07) is 13.8. The highest BCUT2D eigenvalue weighted by molar-refractivity contribution is 14.1. The van der Waals surface area contributed by atoms with Gasteiger partial charge < -0.3 is 13.4 Å². The first-order valence-corrected chi connectivity index (χ1v) is 11.7. The van der Waals surface area contributed by atoms with Crippen LogP contribution in [0.25, 0.3) is 11.1 Å². The fourth-order valence-corrected chi connectivity index (χ4v) is 4.28. The maximum Gasteiger partial charge on any atom is 0.154 e. The summed E-state index contributed by atoms with van der Waals surface area (Å²) < 4.78 is 8.68. The summed E-state index contributed by atoms with van der Waals surface area (Å²) in [6.45, 7) is 5.58. The first-order chi connectivity index (χ1) is 14.8. The highest BCUT2D eigenvalue weighted by Crippen LogP contribution is 2.38. The molecule has 0 saturated heterocycles. The van der Waals surface area contributed by atoms with Crippen molar-refractivity contribution in [3.05, 3.63) is 65.5 Å². The number of thioether (sulfide) groups is 1.